The van der Waals surface area contributed by atoms with Crippen molar-refractivity contribution in [2.24, 2.45) is 0 Å². The lowest BCUT2D eigenvalue weighted by Crippen LogP contribution is -2.03. The number of nitrogen functional groups attached to an aromatic ring is 1. The summed E-state index contributed by atoms with van der Waals surface area (Å²) in [6.45, 7) is 5.52. The third kappa shape index (κ3) is 2.56. The zero-order valence-electron chi connectivity index (χ0n) is 10.4. The molecule has 0 bridgehead atoms. The van der Waals surface area contributed by atoms with E-state index in [4.69, 9.17) is 10.5 Å². The number of nitrogens with two attached hydrogens (primary N) is 1. The van der Waals surface area contributed by atoms with Gasteiger partial charge < -0.3 is 10.5 Å². The second-order valence-electron chi connectivity index (χ2n) is 4.16. The second kappa shape index (κ2) is 5.15. The Kier molecular flexibility index (Phi) is 3.59. The van der Waals surface area contributed by atoms with Gasteiger partial charge in [-0.2, -0.15) is 0 Å². The molecule has 0 aliphatic heterocycles. The number of nitrogens with zero attached hydrogens (tertiary/aromatic N) is 1. The highest BCUT2D eigenvalue weighted by molar-refractivity contribution is 5.86. The first-order valence-electron chi connectivity index (χ1n) is 5.94. The van der Waals surface area contributed by atoms with Crippen LogP contribution in [-0.4, -0.2) is 18.2 Å². The molecular formula is C14H18N2O. The van der Waals surface area contributed by atoms with Crippen molar-refractivity contribution in [2.45, 2.75) is 20.3 Å². The van der Waals surface area contributed by atoms with Crippen molar-refractivity contribution >= 4 is 16.6 Å². The molecule has 17 heavy (non-hydrogen) atoms. The standard InChI is InChI=1S/C14H18N2O/c1-3-17-7-6-11-12-8-10(2)4-5-14(12)16-9-13(11)15/h4-5,8-9H,3,6-7,15H2,1-2H3. The molecule has 0 amide bonds. The maximum atomic E-state index is 6.00. The minimum atomic E-state index is 0.702. The van der Waals surface area contributed by atoms with Gasteiger partial charge in [-0.05, 0) is 38.0 Å². The average molecular weight is 230 g/mol. The summed E-state index contributed by atoms with van der Waals surface area (Å²) >= 11 is 0. The molecule has 0 fully saturated rings. The minimum Gasteiger partial charge on any atom is -0.397 e. The first-order chi connectivity index (χ1) is 8.22. The molecule has 3 nitrogen and oxygen atoms in total. The third-order valence-corrected chi connectivity index (χ3v) is 2.87. The van der Waals surface area contributed by atoms with Crippen molar-refractivity contribution in [1.29, 1.82) is 0 Å². The topological polar surface area (TPSA) is 48.1 Å². The summed E-state index contributed by atoms with van der Waals surface area (Å²) in [5.41, 5.74) is 10.1. The molecule has 0 aliphatic rings. The molecule has 0 unspecified atom stereocenters. The Hall–Kier alpha value is -1.61. The minimum absolute atomic E-state index is 0.702. The largest absolute Gasteiger partial charge is 0.397 e. The smallest absolute Gasteiger partial charge is 0.0706 e. The van der Waals surface area contributed by atoms with E-state index in [0.717, 1.165) is 35.2 Å². The molecule has 1 heterocycles. The van der Waals surface area contributed by atoms with Gasteiger partial charge in [0.1, 0.15) is 0 Å². The second-order valence-corrected chi connectivity index (χ2v) is 4.16. The molecule has 2 N–H and O–H groups in total. The number of anilines is 1. The molecule has 0 saturated carbocycles. The van der Waals surface area contributed by atoms with Crippen LogP contribution in [0.1, 0.15) is 18.1 Å². The van der Waals surface area contributed by atoms with Crippen LogP contribution in [0.25, 0.3) is 10.9 Å². The lowest BCUT2D eigenvalue weighted by atomic mass is 10.0. The van der Waals surface area contributed by atoms with E-state index in [1.807, 2.05) is 13.0 Å². The Morgan fingerprint density at radius 3 is 2.94 bits per heavy atom. The van der Waals surface area contributed by atoms with Crippen LogP contribution in [0.15, 0.2) is 24.4 Å². The van der Waals surface area contributed by atoms with E-state index in [-0.39, 0.29) is 0 Å². The third-order valence-electron chi connectivity index (χ3n) is 2.87. The van der Waals surface area contributed by atoms with Crippen molar-refractivity contribution in [2.75, 3.05) is 18.9 Å². The molecule has 0 aliphatic carbocycles. The average Bonchev–Trinajstić information content (AvgIpc) is 2.32. The number of hydrogen-bond donors (Lipinski definition) is 1. The van der Waals surface area contributed by atoms with E-state index in [9.17, 15) is 0 Å². The number of hydrogen-bond acceptors (Lipinski definition) is 3. The molecule has 90 valence electrons. The van der Waals surface area contributed by atoms with Crippen molar-refractivity contribution in [3.8, 4) is 0 Å². The van der Waals surface area contributed by atoms with Crippen LogP contribution in [0.2, 0.25) is 0 Å². The molecule has 0 spiro atoms. The molecule has 0 radical (unpaired) electrons. The Morgan fingerprint density at radius 1 is 1.35 bits per heavy atom. The highest BCUT2D eigenvalue weighted by Crippen LogP contribution is 2.23. The van der Waals surface area contributed by atoms with Gasteiger partial charge in [0, 0.05) is 12.0 Å². The van der Waals surface area contributed by atoms with Gasteiger partial charge in [0.25, 0.3) is 0 Å². The van der Waals surface area contributed by atoms with Crippen LogP contribution in [0.5, 0.6) is 0 Å². The molecule has 1 aromatic carbocycles. The molecule has 0 saturated heterocycles. The number of ether oxygens (including phenoxy) is 1. The summed E-state index contributed by atoms with van der Waals surface area (Å²) in [5.74, 6) is 0. The Labute approximate surface area is 102 Å². The summed E-state index contributed by atoms with van der Waals surface area (Å²) in [7, 11) is 0. The van der Waals surface area contributed by atoms with E-state index in [0.29, 0.717) is 6.61 Å². The number of pyridine rings is 1. The summed E-state index contributed by atoms with van der Waals surface area (Å²) < 4.78 is 5.40. The fourth-order valence-corrected chi connectivity index (χ4v) is 1.97. The van der Waals surface area contributed by atoms with E-state index >= 15 is 0 Å². The van der Waals surface area contributed by atoms with Gasteiger partial charge in [0.05, 0.1) is 24.0 Å². The quantitative estimate of drug-likeness (QED) is 0.821. The molecule has 2 aromatic rings. The van der Waals surface area contributed by atoms with Crippen molar-refractivity contribution in [3.05, 3.63) is 35.5 Å². The monoisotopic (exact) mass is 230 g/mol. The molecule has 1 aromatic heterocycles. The number of aryl methyl sites for hydroxylation is 1. The Bertz CT molecular complexity index is 518. The highest BCUT2D eigenvalue weighted by atomic mass is 16.5. The van der Waals surface area contributed by atoms with Gasteiger partial charge >= 0.3 is 0 Å². The van der Waals surface area contributed by atoms with Gasteiger partial charge in [-0.15, -0.1) is 0 Å². The summed E-state index contributed by atoms with van der Waals surface area (Å²) in [6, 6.07) is 6.24. The Morgan fingerprint density at radius 2 is 2.18 bits per heavy atom. The van der Waals surface area contributed by atoms with Crippen LogP contribution in [-0.2, 0) is 11.2 Å². The van der Waals surface area contributed by atoms with Crippen LogP contribution in [0, 0.1) is 6.92 Å². The fourth-order valence-electron chi connectivity index (χ4n) is 1.97. The maximum Gasteiger partial charge on any atom is 0.0706 e. The van der Waals surface area contributed by atoms with Crippen molar-refractivity contribution in [1.82, 2.24) is 4.98 Å². The van der Waals surface area contributed by atoms with Gasteiger partial charge in [0.2, 0.25) is 0 Å². The molecule has 3 heteroatoms. The first-order valence-corrected chi connectivity index (χ1v) is 5.94. The SMILES string of the molecule is CCOCCc1c(N)cnc2ccc(C)cc12. The van der Waals surface area contributed by atoms with E-state index in [1.54, 1.807) is 6.20 Å². The fraction of sp³-hybridized carbons (Fsp3) is 0.357. The Balaban J connectivity index is 2.43. The lowest BCUT2D eigenvalue weighted by Gasteiger charge is -2.10. The first kappa shape index (κ1) is 11.9. The number of rotatable bonds is 4. The van der Waals surface area contributed by atoms with Gasteiger partial charge in [0.15, 0.2) is 0 Å². The zero-order valence-corrected chi connectivity index (χ0v) is 10.4. The van der Waals surface area contributed by atoms with E-state index in [2.05, 4.69) is 24.0 Å². The van der Waals surface area contributed by atoms with Gasteiger partial charge in [-0.3, -0.25) is 4.98 Å². The summed E-state index contributed by atoms with van der Waals surface area (Å²) in [4.78, 5) is 4.34. The predicted octanol–water partition coefficient (Wildman–Crippen LogP) is 2.70. The van der Waals surface area contributed by atoms with Gasteiger partial charge in [-0.25, -0.2) is 0 Å². The molecular weight excluding hydrogens is 212 g/mol. The van der Waals surface area contributed by atoms with E-state index in [1.165, 1.54) is 5.56 Å². The predicted molar refractivity (Wildman–Crippen MR) is 71.1 cm³/mol. The normalized spacial score (nSPS) is 10.9. The van der Waals surface area contributed by atoms with Crippen LogP contribution < -0.4 is 5.73 Å². The lowest BCUT2D eigenvalue weighted by molar-refractivity contribution is 0.151. The van der Waals surface area contributed by atoms with Crippen molar-refractivity contribution < 1.29 is 4.74 Å². The van der Waals surface area contributed by atoms with E-state index < -0.39 is 0 Å². The summed E-state index contributed by atoms with van der Waals surface area (Å²) in [5, 5.41) is 1.14. The number of benzene rings is 1. The van der Waals surface area contributed by atoms with Crippen LogP contribution in [0.4, 0.5) is 5.69 Å². The highest BCUT2D eigenvalue weighted by Gasteiger charge is 2.06. The number of fused-ring (bicyclic) bond motifs is 1. The zero-order chi connectivity index (χ0) is 12.3. The number of aromatic nitrogens is 1. The van der Waals surface area contributed by atoms with Crippen LogP contribution in [0.3, 0.4) is 0 Å². The maximum absolute atomic E-state index is 6.00. The van der Waals surface area contributed by atoms with Gasteiger partial charge in [-0.1, -0.05) is 11.6 Å². The van der Waals surface area contributed by atoms with Crippen LogP contribution >= 0.6 is 0 Å². The molecule has 0 atom stereocenters. The summed E-state index contributed by atoms with van der Waals surface area (Å²) in [6.07, 6.45) is 2.57. The molecule has 2 rings (SSSR count). The van der Waals surface area contributed by atoms with Crippen molar-refractivity contribution in [3.63, 3.8) is 0 Å².